The van der Waals surface area contributed by atoms with Crippen LogP contribution >= 0.6 is 0 Å². The van der Waals surface area contributed by atoms with Crippen LogP contribution in [0, 0.1) is 0 Å². The number of rotatable bonds is 5. The zero-order valence-electron chi connectivity index (χ0n) is 7.25. The number of aliphatic hydroxyl groups is 1. The van der Waals surface area contributed by atoms with E-state index >= 15 is 0 Å². The third-order valence-electron chi connectivity index (χ3n) is 1.16. The maximum atomic E-state index is 8.59. The van der Waals surface area contributed by atoms with Crippen molar-refractivity contribution in [3.8, 4) is 0 Å². The molecule has 0 aromatic carbocycles. The Hall–Kier alpha value is -0.830. The fraction of sp³-hybridized carbons (Fsp3) is 0.625. The summed E-state index contributed by atoms with van der Waals surface area (Å²) in [7, 11) is 3.74. The van der Waals surface area contributed by atoms with E-state index in [1.165, 1.54) is 0 Å². The summed E-state index contributed by atoms with van der Waals surface area (Å²) < 4.78 is 0. The van der Waals surface area contributed by atoms with Gasteiger partial charge in [-0.15, -0.1) is 0 Å². The van der Waals surface area contributed by atoms with E-state index in [2.05, 4.69) is 11.7 Å². The van der Waals surface area contributed by atoms with E-state index in [1.807, 2.05) is 20.3 Å². The molecule has 0 atom stereocenters. The second-order valence-electron chi connectivity index (χ2n) is 2.59. The van der Waals surface area contributed by atoms with Crippen LogP contribution in [0.5, 0.6) is 0 Å². The van der Waals surface area contributed by atoms with Crippen LogP contribution in [0.25, 0.3) is 0 Å². The molecule has 0 rings (SSSR count). The minimum absolute atomic E-state index is 0.0792. The minimum atomic E-state index is 0.0792. The average molecular weight is 156 g/mol. The van der Waals surface area contributed by atoms with Crippen LogP contribution in [0.3, 0.4) is 0 Å². The summed E-state index contributed by atoms with van der Waals surface area (Å²) in [6.45, 7) is 3.74. The topological polar surface area (TPSA) is 35.8 Å². The van der Waals surface area contributed by atoms with Crippen LogP contribution in [0.4, 0.5) is 0 Å². The van der Waals surface area contributed by atoms with Crippen LogP contribution in [0.2, 0.25) is 0 Å². The molecule has 0 aromatic rings. The first-order valence-electron chi connectivity index (χ1n) is 3.64. The van der Waals surface area contributed by atoms with Gasteiger partial charge in [0.2, 0.25) is 0 Å². The molecule has 0 aromatic heterocycles. The Kier molecular flexibility index (Phi) is 5.47. The summed E-state index contributed by atoms with van der Waals surface area (Å²) in [5.41, 5.74) is 0.857. The third kappa shape index (κ3) is 7.06. The Morgan fingerprint density at radius 3 is 2.73 bits per heavy atom. The van der Waals surface area contributed by atoms with Gasteiger partial charge in [0.15, 0.2) is 0 Å². The van der Waals surface area contributed by atoms with Crippen molar-refractivity contribution in [3.05, 3.63) is 12.2 Å². The highest BCUT2D eigenvalue weighted by Gasteiger charge is 1.88. The second-order valence-corrected chi connectivity index (χ2v) is 2.59. The highest BCUT2D eigenvalue weighted by atomic mass is 16.3. The van der Waals surface area contributed by atoms with Gasteiger partial charge in [-0.3, -0.25) is 0 Å². The van der Waals surface area contributed by atoms with E-state index in [1.54, 1.807) is 5.01 Å². The average Bonchev–Trinajstić information content (AvgIpc) is 1.97. The molecule has 0 saturated heterocycles. The highest BCUT2D eigenvalue weighted by molar-refractivity contribution is 5.57. The summed E-state index contributed by atoms with van der Waals surface area (Å²) in [5.74, 6) is 0. The minimum Gasteiger partial charge on any atom is -0.392 e. The normalized spacial score (nSPS) is 10.5. The Balaban J connectivity index is 3.34. The van der Waals surface area contributed by atoms with Gasteiger partial charge in [-0.05, 0) is 12.8 Å². The zero-order chi connectivity index (χ0) is 8.69. The molecule has 0 unspecified atom stereocenters. The summed E-state index contributed by atoms with van der Waals surface area (Å²) in [6, 6.07) is 0. The fourth-order valence-electron chi connectivity index (χ4n) is 0.569. The monoisotopic (exact) mass is 156 g/mol. The molecule has 0 bridgehead atoms. The quantitative estimate of drug-likeness (QED) is 0.364. The first-order chi connectivity index (χ1) is 5.16. The molecule has 0 saturated carbocycles. The summed E-state index contributed by atoms with van der Waals surface area (Å²) >= 11 is 0. The largest absolute Gasteiger partial charge is 0.392 e. The van der Waals surface area contributed by atoms with Crippen molar-refractivity contribution in [1.82, 2.24) is 5.01 Å². The van der Waals surface area contributed by atoms with Crippen LogP contribution in [-0.4, -0.2) is 37.0 Å². The molecule has 3 heteroatoms. The molecule has 64 valence electrons. The van der Waals surface area contributed by atoms with Crippen molar-refractivity contribution in [2.75, 3.05) is 20.7 Å². The van der Waals surface area contributed by atoms with E-state index < -0.39 is 0 Å². The van der Waals surface area contributed by atoms with E-state index in [9.17, 15) is 0 Å². The van der Waals surface area contributed by atoms with Gasteiger partial charge in [0.1, 0.15) is 0 Å². The van der Waals surface area contributed by atoms with Crippen molar-refractivity contribution in [2.45, 2.75) is 12.8 Å². The lowest BCUT2D eigenvalue weighted by Gasteiger charge is -2.02. The predicted molar refractivity (Wildman–Crippen MR) is 47.6 cm³/mol. The third-order valence-corrected chi connectivity index (χ3v) is 1.16. The van der Waals surface area contributed by atoms with E-state index in [0.717, 1.165) is 18.4 Å². The van der Waals surface area contributed by atoms with E-state index in [4.69, 9.17) is 5.11 Å². The zero-order valence-corrected chi connectivity index (χ0v) is 7.25. The molecule has 0 aliphatic rings. The summed E-state index contributed by atoms with van der Waals surface area (Å²) in [5, 5.41) is 14.3. The maximum Gasteiger partial charge on any atom is 0.0639 e. The van der Waals surface area contributed by atoms with Gasteiger partial charge in [0.05, 0.1) is 6.61 Å². The lowest BCUT2D eigenvalue weighted by molar-refractivity contribution is 0.327. The van der Waals surface area contributed by atoms with Crippen molar-refractivity contribution in [3.63, 3.8) is 0 Å². The molecule has 0 heterocycles. The SMILES string of the molecule is C=C(CO)CC/C=N\N(C)C. The van der Waals surface area contributed by atoms with Gasteiger partial charge < -0.3 is 10.1 Å². The van der Waals surface area contributed by atoms with Crippen molar-refractivity contribution < 1.29 is 5.11 Å². The Bertz CT molecular complexity index is 141. The van der Waals surface area contributed by atoms with Crippen molar-refractivity contribution in [2.24, 2.45) is 5.10 Å². The predicted octanol–water partition coefficient (Wildman–Crippen LogP) is 0.863. The molecular formula is C8H16N2O. The van der Waals surface area contributed by atoms with Gasteiger partial charge in [-0.1, -0.05) is 12.2 Å². The van der Waals surface area contributed by atoms with Crippen LogP contribution in [0.1, 0.15) is 12.8 Å². The van der Waals surface area contributed by atoms with Crippen LogP contribution < -0.4 is 0 Å². The summed E-state index contributed by atoms with van der Waals surface area (Å²) in [4.78, 5) is 0. The first-order valence-corrected chi connectivity index (χ1v) is 3.64. The number of hydrazone groups is 1. The first kappa shape index (κ1) is 10.2. The van der Waals surface area contributed by atoms with Crippen molar-refractivity contribution in [1.29, 1.82) is 0 Å². The van der Waals surface area contributed by atoms with Gasteiger partial charge in [0.25, 0.3) is 0 Å². The smallest absolute Gasteiger partial charge is 0.0639 e. The van der Waals surface area contributed by atoms with Gasteiger partial charge >= 0.3 is 0 Å². The highest BCUT2D eigenvalue weighted by Crippen LogP contribution is 1.98. The van der Waals surface area contributed by atoms with Gasteiger partial charge in [0, 0.05) is 20.3 Å². The molecular weight excluding hydrogens is 140 g/mol. The second kappa shape index (κ2) is 5.92. The van der Waals surface area contributed by atoms with Crippen molar-refractivity contribution >= 4 is 6.21 Å². The van der Waals surface area contributed by atoms with Crippen LogP contribution in [-0.2, 0) is 0 Å². The molecule has 0 amide bonds. The molecule has 11 heavy (non-hydrogen) atoms. The Morgan fingerprint density at radius 2 is 2.27 bits per heavy atom. The molecule has 3 nitrogen and oxygen atoms in total. The molecule has 0 aliphatic carbocycles. The van der Waals surface area contributed by atoms with Gasteiger partial charge in [-0.2, -0.15) is 5.10 Å². The van der Waals surface area contributed by atoms with E-state index in [0.29, 0.717) is 0 Å². The number of hydrogen-bond donors (Lipinski definition) is 1. The lowest BCUT2D eigenvalue weighted by atomic mass is 10.2. The molecule has 1 N–H and O–H groups in total. The lowest BCUT2D eigenvalue weighted by Crippen LogP contribution is -2.01. The van der Waals surface area contributed by atoms with Gasteiger partial charge in [-0.25, -0.2) is 0 Å². The molecule has 0 aliphatic heterocycles. The Labute approximate surface area is 68.0 Å². The number of aliphatic hydroxyl groups excluding tert-OH is 1. The number of nitrogens with zero attached hydrogens (tertiary/aromatic N) is 2. The molecule has 0 fully saturated rings. The Morgan fingerprint density at radius 1 is 1.64 bits per heavy atom. The molecule has 0 radical (unpaired) electrons. The molecule has 0 spiro atoms. The number of hydrogen-bond acceptors (Lipinski definition) is 3. The van der Waals surface area contributed by atoms with E-state index in [-0.39, 0.29) is 6.61 Å². The maximum absolute atomic E-state index is 8.59. The fourth-order valence-corrected chi connectivity index (χ4v) is 0.569. The summed E-state index contributed by atoms with van der Waals surface area (Å²) in [6.07, 6.45) is 3.48. The van der Waals surface area contributed by atoms with Crippen LogP contribution in [0.15, 0.2) is 17.3 Å². The standard InChI is InChI=1S/C8H16N2O/c1-8(7-11)5-4-6-9-10(2)3/h6,11H,1,4-5,7H2,2-3H3/b9-6-.